The van der Waals surface area contributed by atoms with E-state index >= 15 is 0 Å². The zero-order chi connectivity index (χ0) is 18.6. The van der Waals surface area contributed by atoms with Gasteiger partial charge in [-0.25, -0.2) is 4.39 Å². The van der Waals surface area contributed by atoms with E-state index in [4.69, 9.17) is 4.74 Å². The maximum Gasteiger partial charge on any atom is 0.310 e. The second-order valence-electron chi connectivity index (χ2n) is 7.20. The van der Waals surface area contributed by atoms with Gasteiger partial charge in [0.1, 0.15) is 5.82 Å². The van der Waals surface area contributed by atoms with Crippen LogP contribution in [0.4, 0.5) is 4.39 Å². The lowest BCUT2D eigenvalue weighted by Crippen LogP contribution is -2.49. The zero-order valence-corrected chi connectivity index (χ0v) is 18.4. The van der Waals surface area contributed by atoms with E-state index in [1.165, 1.54) is 6.07 Å². The quantitative estimate of drug-likeness (QED) is 0.299. The van der Waals surface area contributed by atoms with Gasteiger partial charge in [0.15, 0.2) is 5.96 Å². The molecule has 1 aliphatic heterocycles. The third-order valence-corrected chi connectivity index (χ3v) is 5.44. The number of ether oxygens (including phenoxy) is 1. The van der Waals surface area contributed by atoms with Crippen LogP contribution in [0.2, 0.25) is 0 Å². The molecule has 1 atom stereocenters. The summed E-state index contributed by atoms with van der Waals surface area (Å²) in [5, 5.41) is 3.42. The van der Waals surface area contributed by atoms with E-state index in [0.29, 0.717) is 19.7 Å². The Hall–Kier alpha value is -1.38. The topological polar surface area (TPSA) is 53.9 Å². The molecule has 27 heavy (non-hydrogen) atoms. The van der Waals surface area contributed by atoms with Crippen LogP contribution >= 0.6 is 24.0 Å². The van der Waals surface area contributed by atoms with Gasteiger partial charge in [-0.05, 0) is 44.2 Å². The summed E-state index contributed by atoms with van der Waals surface area (Å²) in [5.41, 5.74) is 0.642. The number of likely N-dealkylation sites (tertiary alicyclic amines) is 1. The summed E-state index contributed by atoms with van der Waals surface area (Å²) in [5.74, 6) is 0.408. The van der Waals surface area contributed by atoms with Gasteiger partial charge in [0.05, 0.1) is 12.5 Å². The first-order valence-corrected chi connectivity index (χ1v) is 9.47. The monoisotopic (exact) mass is 489 g/mol. The smallest absolute Gasteiger partial charge is 0.310 e. The lowest BCUT2D eigenvalue weighted by Gasteiger charge is -2.34. The van der Waals surface area contributed by atoms with Gasteiger partial charge in [-0.2, -0.15) is 0 Å². The largest absolute Gasteiger partial charge is 0.466 e. The van der Waals surface area contributed by atoms with Gasteiger partial charge in [-0.1, -0.05) is 18.2 Å². The minimum absolute atomic E-state index is 0. The van der Waals surface area contributed by atoms with Crippen molar-refractivity contribution in [3.8, 4) is 0 Å². The van der Waals surface area contributed by atoms with Crippen molar-refractivity contribution in [3.63, 3.8) is 0 Å². The van der Waals surface area contributed by atoms with Crippen molar-refractivity contribution in [2.75, 3.05) is 33.3 Å². The molecule has 0 amide bonds. The van der Waals surface area contributed by atoms with E-state index in [2.05, 4.69) is 15.2 Å². The lowest BCUT2D eigenvalue weighted by atomic mass is 9.95. The molecule has 0 spiro atoms. The predicted octanol–water partition coefficient (Wildman–Crippen LogP) is 3.33. The number of halogens is 2. The van der Waals surface area contributed by atoms with Crippen LogP contribution in [-0.2, 0) is 14.9 Å². The van der Waals surface area contributed by atoms with Crippen molar-refractivity contribution >= 4 is 35.9 Å². The Kier molecular flexibility index (Phi) is 7.88. The molecule has 1 unspecified atom stereocenters. The van der Waals surface area contributed by atoms with E-state index in [9.17, 15) is 9.18 Å². The van der Waals surface area contributed by atoms with Gasteiger partial charge in [0.2, 0.25) is 0 Å². The van der Waals surface area contributed by atoms with E-state index < -0.39 is 0 Å². The normalized spacial score (nSPS) is 21.2. The Labute approximate surface area is 177 Å². The number of nitrogens with one attached hydrogen (secondary N) is 1. The minimum Gasteiger partial charge on any atom is -0.466 e. The number of aliphatic imine (C=N–C) groups is 1. The molecule has 1 aromatic rings. The minimum atomic E-state index is -0.141. The van der Waals surface area contributed by atoms with Gasteiger partial charge in [-0.3, -0.25) is 9.79 Å². The molecule has 2 fully saturated rings. The Balaban J connectivity index is 0.00000261. The van der Waals surface area contributed by atoms with Crippen molar-refractivity contribution in [1.82, 2.24) is 10.2 Å². The summed E-state index contributed by atoms with van der Waals surface area (Å²) in [6, 6.07) is 7.02. The molecule has 1 heterocycles. The lowest BCUT2D eigenvalue weighted by molar-refractivity contribution is -0.149. The number of piperidine rings is 1. The fraction of sp³-hybridized carbons (Fsp3) is 0.600. The zero-order valence-electron chi connectivity index (χ0n) is 16.0. The number of carbonyl (C=O) groups excluding carboxylic acids is 1. The number of hydrogen-bond acceptors (Lipinski definition) is 3. The highest BCUT2D eigenvalue weighted by molar-refractivity contribution is 14.0. The van der Waals surface area contributed by atoms with Crippen LogP contribution in [-0.4, -0.2) is 50.1 Å². The average molecular weight is 489 g/mol. The van der Waals surface area contributed by atoms with Crippen molar-refractivity contribution in [2.45, 2.75) is 38.0 Å². The summed E-state index contributed by atoms with van der Waals surface area (Å²) in [6.45, 7) is 4.37. The Morgan fingerprint density at radius 1 is 1.41 bits per heavy atom. The molecule has 1 aliphatic carbocycles. The van der Waals surface area contributed by atoms with Gasteiger partial charge < -0.3 is 15.0 Å². The number of benzene rings is 1. The van der Waals surface area contributed by atoms with E-state index in [1.54, 1.807) is 13.1 Å². The third kappa shape index (κ3) is 5.12. The van der Waals surface area contributed by atoms with Crippen LogP contribution in [0.15, 0.2) is 29.3 Å². The SMILES string of the molecule is CCOC(=O)C1CCCN(C(=NC)NCC2(c3ccccc3F)CC2)C1.I. The molecule has 7 heteroatoms. The first-order chi connectivity index (χ1) is 12.6. The molecule has 1 saturated heterocycles. The highest BCUT2D eigenvalue weighted by Gasteiger charge is 2.46. The van der Waals surface area contributed by atoms with Crippen LogP contribution < -0.4 is 5.32 Å². The fourth-order valence-corrected chi connectivity index (χ4v) is 3.79. The first kappa shape index (κ1) is 21.9. The number of guanidine groups is 1. The second kappa shape index (κ2) is 9.71. The van der Waals surface area contributed by atoms with Gasteiger partial charge in [0.25, 0.3) is 0 Å². The predicted molar refractivity (Wildman–Crippen MR) is 115 cm³/mol. The molecule has 3 rings (SSSR count). The maximum absolute atomic E-state index is 14.2. The van der Waals surface area contributed by atoms with Gasteiger partial charge in [0, 0.05) is 32.1 Å². The van der Waals surface area contributed by atoms with Gasteiger partial charge in [-0.15, -0.1) is 24.0 Å². The summed E-state index contributed by atoms with van der Waals surface area (Å²) in [6.07, 6.45) is 3.74. The molecular formula is C20H29FIN3O2. The second-order valence-corrected chi connectivity index (χ2v) is 7.20. The molecule has 2 aliphatic rings. The van der Waals surface area contributed by atoms with Crippen LogP contribution in [0.1, 0.15) is 38.2 Å². The first-order valence-electron chi connectivity index (χ1n) is 9.47. The average Bonchev–Trinajstić information content (AvgIpc) is 3.44. The fourth-order valence-electron chi connectivity index (χ4n) is 3.79. The number of esters is 1. The Morgan fingerprint density at radius 2 is 2.15 bits per heavy atom. The summed E-state index contributed by atoms with van der Waals surface area (Å²) in [7, 11) is 1.75. The molecule has 0 aromatic heterocycles. The summed E-state index contributed by atoms with van der Waals surface area (Å²) in [4.78, 5) is 18.6. The number of rotatable bonds is 5. The standard InChI is InChI=1S/C20H28FN3O2.HI/c1-3-26-18(25)15-7-6-12-24(13-15)19(22-2)23-14-20(10-11-20)16-8-4-5-9-17(16)21;/h4-5,8-9,15H,3,6-7,10-14H2,1-2H3,(H,22,23);1H. The Morgan fingerprint density at radius 3 is 2.78 bits per heavy atom. The number of nitrogens with zero attached hydrogens (tertiary/aromatic N) is 2. The highest BCUT2D eigenvalue weighted by Crippen LogP contribution is 2.48. The molecule has 150 valence electrons. The van der Waals surface area contributed by atoms with E-state index in [-0.39, 0.29) is 47.1 Å². The molecule has 1 saturated carbocycles. The van der Waals surface area contributed by atoms with Crippen LogP contribution in [0.3, 0.4) is 0 Å². The molecule has 1 aromatic carbocycles. The van der Waals surface area contributed by atoms with Crippen LogP contribution in [0, 0.1) is 11.7 Å². The molecule has 1 N–H and O–H groups in total. The summed E-state index contributed by atoms with van der Waals surface area (Å²) >= 11 is 0. The molecular weight excluding hydrogens is 460 g/mol. The molecule has 0 bridgehead atoms. The number of hydrogen-bond donors (Lipinski definition) is 1. The maximum atomic E-state index is 14.2. The van der Waals surface area contributed by atoms with Crippen LogP contribution in [0.25, 0.3) is 0 Å². The third-order valence-electron chi connectivity index (χ3n) is 5.44. The summed E-state index contributed by atoms with van der Waals surface area (Å²) < 4.78 is 19.3. The van der Waals surface area contributed by atoms with Gasteiger partial charge >= 0.3 is 5.97 Å². The van der Waals surface area contributed by atoms with Crippen LogP contribution in [0.5, 0.6) is 0 Å². The van der Waals surface area contributed by atoms with Crippen molar-refractivity contribution in [3.05, 3.63) is 35.6 Å². The van der Waals surface area contributed by atoms with Crippen molar-refractivity contribution < 1.29 is 13.9 Å². The van der Waals surface area contributed by atoms with Crippen molar-refractivity contribution in [1.29, 1.82) is 0 Å². The Bertz CT molecular complexity index is 679. The molecule has 5 nitrogen and oxygen atoms in total. The van der Waals surface area contributed by atoms with E-state index in [0.717, 1.165) is 43.8 Å². The highest BCUT2D eigenvalue weighted by atomic mass is 127. The van der Waals surface area contributed by atoms with Crippen molar-refractivity contribution in [2.24, 2.45) is 10.9 Å². The van der Waals surface area contributed by atoms with E-state index in [1.807, 2.05) is 19.1 Å². The molecule has 0 radical (unpaired) electrons. The number of carbonyl (C=O) groups is 1.